The van der Waals surface area contributed by atoms with E-state index in [-0.39, 0.29) is 24.0 Å². The van der Waals surface area contributed by atoms with Gasteiger partial charge in [-0.25, -0.2) is 8.42 Å². The Morgan fingerprint density at radius 1 is 1.17 bits per heavy atom. The molecule has 0 aliphatic carbocycles. The number of nitrogens with one attached hydrogen (secondary N) is 2. The highest BCUT2D eigenvalue weighted by Gasteiger charge is 2.25. The van der Waals surface area contributed by atoms with E-state index in [0.717, 1.165) is 37.0 Å². The third-order valence-corrected chi connectivity index (χ3v) is 6.95. The molecule has 1 aromatic carbocycles. The molecule has 0 radical (unpaired) electrons. The van der Waals surface area contributed by atoms with E-state index in [2.05, 4.69) is 41.3 Å². The van der Waals surface area contributed by atoms with E-state index in [9.17, 15) is 8.42 Å². The summed E-state index contributed by atoms with van der Waals surface area (Å²) in [5, 5.41) is 6.86. The van der Waals surface area contributed by atoms with E-state index in [0.29, 0.717) is 16.9 Å². The zero-order valence-corrected chi connectivity index (χ0v) is 22.2. The average Bonchev–Trinajstić information content (AvgIpc) is 2.67. The zero-order chi connectivity index (χ0) is 21.4. The van der Waals surface area contributed by atoms with E-state index in [4.69, 9.17) is 0 Å². The molecule has 0 spiro atoms. The molecule has 1 fully saturated rings. The summed E-state index contributed by atoms with van der Waals surface area (Å²) in [5.41, 5.74) is 1.10. The molecule has 6 nitrogen and oxygen atoms in total. The summed E-state index contributed by atoms with van der Waals surface area (Å²) < 4.78 is 23.1. The van der Waals surface area contributed by atoms with E-state index in [1.807, 2.05) is 12.1 Å². The van der Waals surface area contributed by atoms with Crippen molar-refractivity contribution in [2.45, 2.75) is 51.0 Å². The lowest BCUT2D eigenvalue weighted by Gasteiger charge is -2.39. The van der Waals surface area contributed by atoms with Gasteiger partial charge in [0.1, 0.15) is 0 Å². The third-order valence-electron chi connectivity index (χ3n) is 5.82. The van der Waals surface area contributed by atoms with Crippen molar-refractivity contribution in [3.05, 3.63) is 29.8 Å². The van der Waals surface area contributed by atoms with Gasteiger partial charge in [0, 0.05) is 32.4 Å². The monoisotopic (exact) mass is 550 g/mol. The average molecular weight is 551 g/mol. The second kappa shape index (κ2) is 12.9. The van der Waals surface area contributed by atoms with Gasteiger partial charge < -0.3 is 10.6 Å². The summed E-state index contributed by atoms with van der Waals surface area (Å²) in [4.78, 5) is 7.33. The first-order valence-electron chi connectivity index (χ1n) is 10.7. The topological polar surface area (TPSA) is 73.8 Å². The maximum atomic E-state index is 11.6. The van der Waals surface area contributed by atoms with Crippen LogP contribution >= 0.6 is 24.0 Å². The first-order chi connectivity index (χ1) is 13.7. The lowest BCUT2D eigenvalue weighted by molar-refractivity contribution is 0.110. The van der Waals surface area contributed by atoms with Crippen molar-refractivity contribution in [2.75, 3.05) is 39.5 Å². The molecular formula is C22H39IN4O2S. The molecule has 1 aliphatic heterocycles. The van der Waals surface area contributed by atoms with Crippen molar-refractivity contribution in [1.29, 1.82) is 0 Å². The maximum absolute atomic E-state index is 11.6. The lowest BCUT2D eigenvalue weighted by Crippen LogP contribution is -2.51. The first kappa shape index (κ1) is 27.2. The molecule has 1 aliphatic rings. The van der Waals surface area contributed by atoms with Crippen LogP contribution < -0.4 is 10.6 Å². The highest BCUT2D eigenvalue weighted by atomic mass is 127. The largest absolute Gasteiger partial charge is 0.356 e. The van der Waals surface area contributed by atoms with Gasteiger partial charge in [-0.1, -0.05) is 32.9 Å². The standard InChI is InChI=1S/C22H38N4O2S.HI/c1-17(2)21(26-14-11-18(3)12-15-26)16-25-22(23-4)24-13-10-19-6-8-20(9-7-19)29(5,27)28;/h6-9,17-18,21H,10-16H2,1-5H3,(H2,23,24,25);1H. The Morgan fingerprint density at radius 2 is 1.77 bits per heavy atom. The smallest absolute Gasteiger partial charge is 0.191 e. The van der Waals surface area contributed by atoms with E-state index in [1.165, 1.54) is 32.2 Å². The number of benzene rings is 1. The number of piperidine rings is 1. The minimum Gasteiger partial charge on any atom is -0.356 e. The molecule has 1 saturated heterocycles. The molecule has 0 bridgehead atoms. The summed E-state index contributed by atoms with van der Waals surface area (Å²) in [6.07, 6.45) is 4.61. The molecule has 2 rings (SSSR count). The van der Waals surface area contributed by atoms with E-state index in [1.54, 1.807) is 19.2 Å². The zero-order valence-electron chi connectivity index (χ0n) is 19.0. The second-order valence-corrected chi connectivity index (χ2v) is 10.6. The van der Waals surface area contributed by atoms with Gasteiger partial charge in [-0.05, 0) is 61.9 Å². The van der Waals surface area contributed by atoms with Gasteiger partial charge in [0.25, 0.3) is 0 Å². The van der Waals surface area contributed by atoms with Crippen molar-refractivity contribution in [3.63, 3.8) is 0 Å². The summed E-state index contributed by atoms with van der Waals surface area (Å²) in [6, 6.07) is 7.60. The number of hydrogen-bond donors (Lipinski definition) is 2. The molecule has 1 atom stereocenters. The lowest BCUT2D eigenvalue weighted by atomic mass is 9.94. The Bertz CT molecular complexity index is 758. The Hall–Kier alpha value is -0.870. The second-order valence-electron chi connectivity index (χ2n) is 8.58. The number of guanidine groups is 1. The number of rotatable bonds is 8. The predicted molar refractivity (Wildman–Crippen MR) is 137 cm³/mol. The summed E-state index contributed by atoms with van der Waals surface area (Å²) in [7, 11) is -1.35. The first-order valence-corrected chi connectivity index (χ1v) is 12.6. The highest BCUT2D eigenvalue weighted by Crippen LogP contribution is 2.21. The fourth-order valence-corrected chi connectivity index (χ4v) is 4.43. The van der Waals surface area contributed by atoms with Gasteiger partial charge in [0.05, 0.1) is 4.90 Å². The molecule has 0 aromatic heterocycles. The summed E-state index contributed by atoms with van der Waals surface area (Å²) in [6.45, 7) is 10.9. The van der Waals surface area contributed by atoms with Crippen LogP contribution in [0.4, 0.5) is 0 Å². The quantitative estimate of drug-likeness (QED) is 0.296. The Morgan fingerprint density at radius 3 is 2.27 bits per heavy atom. The van der Waals surface area contributed by atoms with Crippen LogP contribution in [0.5, 0.6) is 0 Å². The number of nitrogens with zero attached hydrogens (tertiary/aromatic N) is 2. The highest BCUT2D eigenvalue weighted by molar-refractivity contribution is 14.0. The minimum absolute atomic E-state index is 0. The van der Waals surface area contributed by atoms with Gasteiger partial charge >= 0.3 is 0 Å². The molecule has 2 N–H and O–H groups in total. The van der Waals surface area contributed by atoms with Gasteiger partial charge in [-0.15, -0.1) is 24.0 Å². The molecule has 1 aromatic rings. The van der Waals surface area contributed by atoms with Crippen molar-refractivity contribution in [2.24, 2.45) is 16.8 Å². The van der Waals surface area contributed by atoms with Crippen LogP contribution in [0, 0.1) is 11.8 Å². The van der Waals surface area contributed by atoms with Gasteiger partial charge in [-0.2, -0.15) is 0 Å². The van der Waals surface area contributed by atoms with E-state index < -0.39 is 9.84 Å². The predicted octanol–water partition coefficient (Wildman–Crippen LogP) is 3.17. The van der Waals surface area contributed by atoms with Crippen molar-refractivity contribution < 1.29 is 8.42 Å². The van der Waals surface area contributed by atoms with Crippen LogP contribution in [0.15, 0.2) is 34.2 Å². The molecular weight excluding hydrogens is 511 g/mol. The number of sulfone groups is 1. The number of likely N-dealkylation sites (tertiary alicyclic amines) is 1. The Balaban J connectivity index is 0.00000450. The molecule has 0 saturated carbocycles. The number of halogens is 1. The SMILES string of the molecule is CN=C(NCCc1ccc(S(C)(=O)=O)cc1)NCC(C(C)C)N1CCC(C)CC1.I. The Kier molecular flexibility index (Phi) is 11.6. The minimum atomic E-state index is -3.14. The molecule has 8 heteroatoms. The van der Waals surface area contributed by atoms with Crippen LogP contribution in [-0.2, 0) is 16.3 Å². The third kappa shape index (κ3) is 8.70. The fraction of sp³-hybridized carbons (Fsp3) is 0.682. The fourth-order valence-electron chi connectivity index (χ4n) is 3.80. The molecule has 1 unspecified atom stereocenters. The van der Waals surface area contributed by atoms with E-state index >= 15 is 0 Å². The van der Waals surface area contributed by atoms with Crippen LogP contribution in [0.2, 0.25) is 0 Å². The van der Waals surface area contributed by atoms with Gasteiger partial charge in [-0.3, -0.25) is 9.89 Å². The summed E-state index contributed by atoms with van der Waals surface area (Å²) >= 11 is 0. The van der Waals surface area contributed by atoms with Crippen LogP contribution in [0.3, 0.4) is 0 Å². The Labute approximate surface area is 200 Å². The number of aliphatic imine (C=N–C) groups is 1. The van der Waals surface area contributed by atoms with Crippen LogP contribution in [0.1, 0.15) is 39.2 Å². The summed E-state index contributed by atoms with van der Waals surface area (Å²) in [5.74, 6) is 2.24. The van der Waals surface area contributed by atoms with Gasteiger partial charge in [0.15, 0.2) is 15.8 Å². The van der Waals surface area contributed by atoms with Crippen molar-refractivity contribution in [1.82, 2.24) is 15.5 Å². The molecule has 30 heavy (non-hydrogen) atoms. The van der Waals surface area contributed by atoms with Gasteiger partial charge in [0.2, 0.25) is 0 Å². The maximum Gasteiger partial charge on any atom is 0.191 e. The normalized spacial score (nSPS) is 17.5. The number of hydrogen-bond acceptors (Lipinski definition) is 4. The van der Waals surface area contributed by atoms with Crippen molar-refractivity contribution in [3.8, 4) is 0 Å². The van der Waals surface area contributed by atoms with Crippen LogP contribution in [-0.4, -0.2) is 64.8 Å². The molecule has 1 heterocycles. The van der Waals surface area contributed by atoms with Crippen molar-refractivity contribution >= 4 is 39.8 Å². The molecule has 172 valence electrons. The molecule has 0 amide bonds. The van der Waals surface area contributed by atoms with Crippen LogP contribution in [0.25, 0.3) is 0 Å².